The van der Waals surface area contributed by atoms with Gasteiger partial charge in [0.2, 0.25) is 0 Å². The number of fused-ring (bicyclic) bond motifs is 2. The normalized spacial score (nSPS) is 26.1. The third kappa shape index (κ3) is 0.834. The monoisotopic (exact) mass is 188 g/mol. The highest BCUT2D eigenvalue weighted by atomic mass is 16.4. The van der Waals surface area contributed by atoms with Crippen LogP contribution >= 0.6 is 0 Å². The van der Waals surface area contributed by atoms with E-state index in [0.717, 1.165) is 19.3 Å². The molecule has 14 heavy (non-hydrogen) atoms. The molecule has 0 radical (unpaired) electrons. The molecular weight excluding hydrogens is 176 g/mol. The minimum absolute atomic E-state index is 0.0163. The summed E-state index contributed by atoms with van der Waals surface area (Å²) in [5, 5.41) is 9.16. The van der Waals surface area contributed by atoms with Crippen molar-refractivity contribution in [3.8, 4) is 0 Å². The Morgan fingerprint density at radius 1 is 1.36 bits per heavy atom. The summed E-state index contributed by atoms with van der Waals surface area (Å²) in [6.07, 6.45) is 2.84. The molecule has 72 valence electrons. The first-order chi connectivity index (χ1) is 6.74. The Hall–Kier alpha value is -1.31. The van der Waals surface area contributed by atoms with Gasteiger partial charge in [-0.3, -0.25) is 4.79 Å². The molecule has 0 amide bonds. The summed E-state index contributed by atoms with van der Waals surface area (Å²) in [5.41, 5.74) is 2.56. The van der Waals surface area contributed by atoms with Crippen LogP contribution in [0.25, 0.3) is 0 Å². The maximum Gasteiger partial charge on any atom is 0.307 e. The predicted octanol–water partition coefficient (Wildman–Crippen LogP) is 1.98. The minimum atomic E-state index is -0.626. The van der Waals surface area contributed by atoms with Crippen molar-refractivity contribution in [1.29, 1.82) is 0 Å². The number of aliphatic carboxylic acids is 1. The Morgan fingerprint density at radius 3 is 2.71 bits per heavy atom. The van der Waals surface area contributed by atoms with Crippen molar-refractivity contribution in [3.63, 3.8) is 0 Å². The first-order valence-corrected chi connectivity index (χ1v) is 5.05. The molecule has 0 heterocycles. The minimum Gasteiger partial charge on any atom is -0.481 e. The Kier molecular flexibility index (Phi) is 1.37. The summed E-state index contributed by atoms with van der Waals surface area (Å²) < 4.78 is 0. The molecule has 1 unspecified atom stereocenters. The van der Waals surface area contributed by atoms with Gasteiger partial charge in [-0.25, -0.2) is 0 Å². The van der Waals surface area contributed by atoms with Crippen LogP contribution in [-0.2, 0) is 16.6 Å². The fraction of sp³-hybridized carbons (Fsp3) is 0.417. The van der Waals surface area contributed by atoms with Crippen molar-refractivity contribution in [2.24, 2.45) is 5.92 Å². The van der Waals surface area contributed by atoms with Gasteiger partial charge >= 0.3 is 5.97 Å². The molecule has 3 rings (SSSR count). The molecule has 2 aliphatic rings. The molecule has 0 bridgehead atoms. The largest absolute Gasteiger partial charge is 0.481 e. The Bertz CT molecular complexity index is 405. The van der Waals surface area contributed by atoms with Crippen molar-refractivity contribution in [1.82, 2.24) is 0 Å². The van der Waals surface area contributed by atoms with Gasteiger partial charge in [-0.1, -0.05) is 24.3 Å². The van der Waals surface area contributed by atoms with Crippen molar-refractivity contribution in [3.05, 3.63) is 35.4 Å². The van der Waals surface area contributed by atoms with Gasteiger partial charge in [0.05, 0.1) is 5.92 Å². The maximum atomic E-state index is 11.1. The lowest BCUT2D eigenvalue weighted by Gasteiger charge is -2.14. The molecule has 1 aromatic carbocycles. The topological polar surface area (TPSA) is 37.3 Å². The van der Waals surface area contributed by atoms with Crippen molar-refractivity contribution >= 4 is 5.97 Å². The lowest BCUT2D eigenvalue weighted by Crippen LogP contribution is -2.24. The Labute approximate surface area is 82.6 Å². The predicted molar refractivity (Wildman–Crippen MR) is 52.2 cm³/mol. The summed E-state index contributed by atoms with van der Waals surface area (Å²) >= 11 is 0. The zero-order valence-electron chi connectivity index (χ0n) is 7.86. The third-order valence-electron chi connectivity index (χ3n) is 3.73. The molecular formula is C12H12O2. The first kappa shape index (κ1) is 8.04. The van der Waals surface area contributed by atoms with E-state index in [-0.39, 0.29) is 11.3 Å². The number of rotatable bonds is 1. The summed E-state index contributed by atoms with van der Waals surface area (Å²) in [7, 11) is 0. The number of carboxylic acid groups (broad SMARTS) is 1. The summed E-state index contributed by atoms with van der Waals surface area (Å²) in [6, 6.07) is 8.19. The highest BCUT2D eigenvalue weighted by Crippen LogP contribution is 2.59. The standard InChI is InChI=1S/C12H12O2/c13-11(14)10-7-8-3-1-2-4-9(8)12(10)5-6-12/h1-4,10H,5-7H2,(H,13,14). The average Bonchev–Trinajstić information content (AvgIpc) is 2.87. The molecule has 1 saturated carbocycles. The first-order valence-electron chi connectivity index (χ1n) is 5.05. The van der Waals surface area contributed by atoms with Crippen LogP contribution in [0, 0.1) is 5.92 Å². The second kappa shape index (κ2) is 2.38. The number of hydrogen-bond acceptors (Lipinski definition) is 1. The maximum absolute atomic E-state index is 11.1. The second-order valence-electron chi connectivity index (χ2n) is 4.41. The van der Waals surface area contributed by atoms with E-state index in [1.165, 1.54) is 11.1 Å². The zero-order chi connectivity index (χ0) is 9.76. The molecule has 1 spiro atoms. The van der Waals surface area contributed by atoms with E-state index in [1.54, 1.807) is 0 Å². The highest BCUT2D eigenvalue weighted by molar-refractivity contribution is 5.76. The fourth-order valence-electron chi connectivity index (χ4n) is 2.86. The van der Waals surface area contributed by atoms with Crippen LogP contribution < -0.4 is 0 Å². The van der Waals surface area contributed by atoms with Gasteiger partial charge in [0.1, 0.15) is 0 Å². The summed E-state index contributed by atoms with van der Waals surface area (Å²) in [5.74, 6) is -0.793. The van der Waals surface area contributed by atoms with Gasteiger partial charge in [-0.05, 0) is 30.4 Å². The van der Waals surface area contributed by atoms with E-state index in [9.17, 15) is 4.79 Å². The number of hydrogen-bond donors (Lipinski definition) is 1. The van der Waals surface area contributed by atoms with Crippen LogP contribution in [0.3, 0.4) is 0 Å². The van der Waals surface area contributed by atoms with Crippen LogP contribution in [0.5, 0.6) is 0 Å². The molecule has 2 aliphatic carbocycles. The van der Waals surface area contributed by atoms with Gasteiger partial charge in [0.25, 0.3) is 0 Å². The van der Waals surface area contributed by atoms with Crippen molar-refractivity contribution in [2.75, 3.05) is 0 Å². The van der Waals surface area contributed by atoms with Gasteiger partial charge in [0, 0.05) is 5.41 Å². The number of carboxylic acids is 1. The van der Waals surface area contributed by atoms with Crippen molar-refractivity contribution < 1.29 is 9.90 Å². The molecule has 0 aromatic heterocycles. The van der Waals surface area contributed by atoms with Crippen molar-refractivity contribution in [2.45, 2.75) is 24.7 Å². The van der Waals surface area contributed by atoms with Gasteiger partial charge < -0.3 is 5.11 Å². The van der Waals surface area contributed by atoms with E-state index in [1.807, 2.05) is 12.1 Å². The lowest BCUT2D eigenvalue weighted by atomic mass is 9.89. The van der Waals surface area contributed by atoms with Crippen LogP contribution in [0.4, 0.5) is 0 Å². The van der Waals surface area contributed by atoms with E-state index in [2.05, 4.69) is 12.1 Å². The molecule has 1 fully saturated rings. The smallest absolute Gasteiger partial charge is 0.307 e. The number of carbonyl (C=O) groups is 1. The van der Waals surface area contributed by atoms with Gasteiger partial charge in [-0.15, -0.1) is 0 Å². The molecule has 1 atom stereocenters. The highest BCUT2D eigenvalue weighted by Gasteiger charge is 2.57. The molecule has 1 aromatic rings. The molecule has 1 N–H and O–H groups in total. The van der Waals surface area contributed by atoms with E-state index >= 15 is 0 Å². The van der Waals surface area contributed by atoms with Gasteiger partial charge in [-0.2, -0.15) is 0 Å². The molecule has 0 aliphatic heterocycles. The van der Waals surface area contributed by atoms with Crippen LogP contribution in [0.1, 0.15) is 24.0 Å². The fourth-order valence-corrected chi connectivity index (χ4v) is 2.86. The average molecular weight is 188 g/mol. The second-order valence-corrected chi connectivity index (χ2v) is 4.41. The lowest BCUT2D eigenvalue weighted by molar-refractivity contribution is -0.142. The van der Waals surface area contributed by atoms with Crippen LogP contribution in [0.15, 0.2) is 24.3 Å². The third-order valence-corrected chi connectivity index (χ3v) is 3.73. The molecule has 2 nitrogen and oxygen atoms in total. The molecule has 2 heteroatoms. The quantitative estimate of drug-likeness (QED) is 0.731. The summed E-state index contributed by atoms with van der Waals surface area (Å²) in [6.45, 7) is 0. The van der Waals surface area contributed by atoms with E-state index in [0.29, 0.717) is 0 Å². The van der Waals surface area contributed by atoms with Crippen LogP contribution in [0.2, 0.25) is 0 Å². The van der Waals surface area contributed by atoms with E-state index < -0.39 is 5.97 Å². The Morgan fingerprint density at radius 2 is 2.07 bits per heavy atom. The SMILES string of the molecule is O=C(O)C1Cc2ccccc2C12CC2. The van der Waals surface area contributed by atoms with Crippen LogP contribution in [-0.4, -0.2) is 11.1 Å². The summed E-state index contributed by atoms with van der Waals surface area (Å²) in [4.78, 5) is 11.1. The molecule has 0 saturated heterocycles. The van der Waals surface area contributed by atoms with E-state index in [4.69, 9.17) is 5.11 Å². The Balaban J connectivity index is 2.12. The zero-order valence-corrected chi connectivity index (χ0v) is 7.86. The number of benzene rings is 1. The van der Waals surface area contributed by atoms with Gasteiger partial charge in [0.15, 0.2) is 0 Å².